The molecule has 4 nitrogen and oxygen atoms in total. The molecule has 8 heteroatoms. The number of hydrogen-bond acceptors (Lipinski definition) is 4. The van der Waals surface area contributed by atoms with Crippen LogP contribution in [0.4, 0.5) is 5.69 Å². The van der Waals surface area contributed by atoms with Gasteiger partial charge in [-0.1, -0.05) is 54.4 Å². The van der Waals surface area contributed by atoms with E-state index in [-0.39, 0.29) is 5.91 Å². The molecule has 1 fully saturated rings. The Kier molecular flexibility index (Phi) is 8.01. The van der Waals surface area contributed by atoms with Crippen molar-refractivity contribution in [3.8, 4) is 5.75 Å². The zero-order valence-corrected chi connectivity index (χ0v) is 22.1. The van der Waals surface area contributed by atoms with Crippen LogP contribution in [0.25, 0.3) is 6.08 Å². The third-order valence-electron chi connectivity index (χ3n) is 4.88. The lowest BCUT2D eigenvalue weighted by atomic mass is 10.2. The first kappa shape index (κ1) is 24.1. The molecule has 0 spiro atoms. The molecule has 1 aliphatic heterocycles. The summed E-state index contributed by atoms with van der Waals surface area (Å²) in [4.78, 5) is 17.6. The second-order valence-corrected chi connectivity index (χ2v) is 10.3. The number of hydrogen-bond donors (Lipinski definition) is 1. The van der Waals surface area contributed by atoms with Gasteiger partial charge < -0.3 is 10.1 Å². The van der Waals surface area contributed by atoms with Gasteiger partial charge in [-0.05, 0) is 94.4 Å². The number of ether oxygens (including phenoxy) is 1. The van der Waals surface area contributed by atoms with Crippen LogP contribution in [0.1, 0.15) is 23.6 Å². The number of amidine groups is 1. The highest BCUT2D eigenvalue weighted by molar-refractivity contribution is 14.1. The Hall–Kier alpha value is -2.00. The second kappa shape index (κ2) is 11.0. The molecule has 3 aromatic carbocycles. The first-order valence-corrected chi connectivity index (χ1v) is 12.8. The quantitative estimate of drug-likeness (QED) is 0.231. The summed E-state index contributed by atoms with van der Waals surface area (Å²) in [5.74, 6) is 0.585. The molecule has 0 radical (unpaired) electrons. The predicted octanol–water partition coefficient (Wildman–Crippen LogP) is 7.63. The normalized spacial score (nSPS) is 15.8. The third-order valence-corrected chi connectivity index (χ3v) is 7.22. The van der Waals surface area contributed by atoms with Crippen molar-refractivity contribution in [2.24, 2.45) is 4.99 Å². The molecular weight excluding hydrogens is 590 g/mol. The fraction of sp³-hybridized carbons (Fsp3) is 0.120. The molecule has 3 aromatic rings. The van der Waals surface area contributed by atoms with Crippen molar-refractivity contribution in [3.63, 3.8) is 0 Å². The third kappa shape index (κ3) is 6.32. The zero-order chi connectivity index (χ0) is 23.4. The first-order valence-electron chi connectivity index (χ1n) is 10.2. The van der Waals surface area contributed by atoms with E-state index in [4.69, 9.17) is 27.9 Å². The molecule has 168 valence electrons. The summed E-state index contributed by atoms with van der Waals surface area (Å²) in [5.41, 5.74) is 3.83. The molecule has 4 rings (SSSR count). The molecule has 0 bridgehead atoms. The molecule has 1 heterocycles. The van der Waals surface area contributed by atoms with Gasteiger partial charge in [-0.25, -0.2) is 4.99 Å². The maximum Gasteiger partial charge on any atom is 0.264 e. The van der Waals surface area contributed by atoms with Crippen LogP contribution < -0.4 is 10.1 Å². The Balaban J connectivity index is 1.44. The van der Waals surface area contributed by atoms with Crippen LogP contribution in [-0.4, -0.2) is 11.1 Å². The number of amides is 1. The molecule has 0 saturated carbocycles. The molecule has 0 atom stereocenters. The molecule has 1 amide bonds. The topological polar surface area (TPSA) is 50.7 Å². The lowest BCUT2D eigenvalue weighted by molar-refractivity contribution is -0.115. The number of carbonyl (C=O) groups is 1. The Morgan fingerprint density at radius 3 is 2.58 bits per heavy atom. The molecular formula is C25H19Cl2IN2O2S. The van der Waals surface area contributed by atoms with E-state index >= 15 is 0 Å². The molecule has 0 aliphatic carbocycles. The minimum Gasteiger partial charge on any atom is -0.488 e. The van der Waals surface area contributed by atoms with E-state index in [1.165, 1.54) is 17.3 Å². The van der Waals surface area contributed by atoms with Crippen molar-refractivity contribution in [2.75, 3.05) is 0 Å². The van der Waals surface area contributed by atoms with E-state index < -0.39 is 0 Å². The fourth-order valence-electron chi connectivity index (χ4n) is 3.07. The SMILES string of the molecule is CCc1ccc(N=C2NC(=O)/C(=C/c3ccc(OCc4ccc(Cl)cc4Cl)c(I)c3)S2)cc1. The monoisotopic (exact) mass is 608 g/mol. The van der Waals surface area contributed by atoms with Crippen LogP contribution in [-0.2, 0) is 17.8 Å². The maximum absolute atomic E-state index is 12.4. The van der Waals surface area contributed by atoms with E-state index in [9.17, 15) is 4.79 Å². The maximum atomic E-state index is 12.4. The lowest BCUT2D eigenvalue weighted by Crippen LogP contribution is -2.19. The van der Waals surface area contributed by atoms with Crippen LogP contribution in [0.3, 0.4) is 0 Å². The van der Waals surface area contributed by atoms with Crippen molar-refractivity contribution in [1.82, 2.24) is 5.32 Å². The van der Waals surface area contributed by atoms with Crippen LogP contribution in [0, 0.1) is 3.57 Å². The zero-order valence-electron chi connectivity index (χ0n) is 17.6. The number of nitrogens with zero attached hydrogens (tertiary/aromatic N) is 1. The van der Waals surface area contributed by atoms with Gasteiger partial charge in [0.05, 0.1) is 14.2 Å². The summed E-state index contributed by atoms with van der Waals surface area (Å²) in [6, 6.07) is 19.1. The van der Waals surface area contributed by atoms with Gasteiger partial charge in [0.1, 0.15) is 12.4 Å². The van der Waals surface area contributed by atoms with Crippen LogP contribution in [0.2, 0.25) is 10.0 Å². The molecule has 1 aliphatic rings. The number of thioether (sulfide) groups is 1. The van der Waals surface area contributed by atoms with Crippen molar-refractivity contribution in [1.29, 1.82) is 0 Å². The smallest absolute Gasteiger partial charge is 0.264 e. The Morgan fingerprint density at radius 2 is 1.88 bits per heavy atom. The highest BCUT2D eigenvalue weighted by Crippen LogP contribution is 2.31. The molecule has 33 heavy (non-hydrogen) atoms. The van der Waals surface area contributed by atoms with Crippen molar-refractivity contribution < 1.29 is 9.53 Å². The van der Waals surface area contributed by atoms with E-state index in [2.05, 4.69) is 39.8 Å². The average molecular weight is 609 g/mol. The Morgan fingerprint density at radius 1 is 1.09 bits per heavy atom. The number of rotatable bonds is 6. The summed E-state index contributed by atoms with van der Waals surface area (Å²) in [6.07, 6.45) is 2.83. The van der Waals surface area contributed by atoms with Crippen LogP contribution in [0.5, 0.6) is 5.75 Å². The molecule has 0 unspecified atom stereocenters. The summed E-state index contributed by atoms with van der Waals surface area (Å²) in [5, 5.41) is 4.57. The van der Waals surface area contributed by atoms with Gasteiger partial charge >= 0.3 is 0 Å². The highest BCUT2D eigenvalue weighted by Gasteiger charge is 2.24. The Bertz CT molecular complexity index is 1260. The molecule has 1 saturated heterocycles. The van der Waals surface area contributed by atoms with Crippen molar-refractivity contribution in [3.05, 3.63) is 95.9 Å². The molecule has 0 aromatic heterocycles. The summed E-state index contributed by atoms with van der Waals surface area (Å²) < 4.78 is 6.86. The minimum absolute atomic E-state index is 0.156. The van der Waals surface area contributed by atoms with Crippen molar-refractivity contribution in [2.45, 2.75) is 20.0 Å². The number of benzene rings is 3. The van der Waals surface area contributed by atoms with Gasteiger partial charge in [-0.15, -0.1) is 0 Å². The van der Waals surface area contributed by atoms with Gasteiger partial charge in [-0.3, -0.25) is 4.79 Å². The number of carbonyl (C=O) groups excluding carboxylic acids is 1. The summed E-state index contributed by atoms with van der Waals surface area (Å²) in [6.45, 7) is 2.45. The van der Waals surface area contributed by atoms with Gasteiger partial charge in [0, 0.05) is 15.6 Å². The summed E-state index contributed by atoms with van der Waals surface area (Å²) >= 11 is 15.7. The Labute approximate surface area is 220 Å². The minimum atomic E-state index is -0.156. The second-order valence-electron chi connectivity index (χ2n) is 7.22. The number of aliphatic imine (C=N–C) groups is 1. The highest BCUT2D eigenvalue weighted by atomic mass is 127. The van der Waals surface area contributed by atoms with E-state index in [1.54, 1.807) is 12.1 Å². The number of aryl methyl sites for hydroxylation is 1. The number of halogens is 3. The fourth-order valence-corrected chi connectivity index (χ4v) is 5.07. The average Bonchev–Trinajstić information content (AvgIpc) is 3.13. The van der Waals surface area contributed by atoms with Gasteiger partial charge in [0.15, 0.2) is 5.17 Å². The lowest BCUT2D eigenvalue weighted by Gasteiger charge is -2.10. The van der Waals surface area contributed by atoms with Crippen LogP contribution >= 0.6 is 57.6 Å². The van der Waals surface area contributed by atoms with E-state index in [0.29, 0.717) is 26.7 Å². The first-order chi connectivity index (χ1) is 15.9. The van der Waals surface area contributed by atoms with Gasteiger partial charge in [0.2, 0.25) is 0 Å². The predicted molar refractivity (Wildman–Crippen MR) is 147 cm³/mol. The van der Waals surface area contributed by atoms with Gasteiger partial charge in [0.25, 0.3) is 5.91 Å². The summed E-state index contributed by atoms with van der Waals surface area (Å²) in [7, 11) is 0. The largest absolute Gasteiger partial charge is 0.488 e. The van der Waals surface area contributed by atoms with Crippen molar-refractivity contribution >= 4 is 80.4 Å². The van der Waals surface area contributed by atoms with E-state index in [1.807, 2.05) is 54.6 Å². The van der Waals surface area contributed by atoms with E-state index in [0.717, 1.165) is 32.6 Å². The number of nitrogens with one attached hydrogen (secondary N) is 1. The van der Waals surface area contributed by atoms with Gasteiger partial charge in [-0.2, -0.15) is 0 Å². The standard InChI is InChI=1S/C25H19Cl2IN2O2S/c1-2-15-3-8-19(9-4-15)29-25-30-24(31)23(33-25)12-16-5-10-22(21(28)11-16)32-14-17-6-7-18(26)13-20(17)27/h3-13H,2,14H2,1H3,(H,29,30,31)/b23-12-. The molecule has 1 N–H and O–H groups in total. The van der Waals surface area contributed by atoms with Crippen LogP contribution in [0.15, 0.2) is 70.6 Å².